The number of aliphatic hydroxyl groups is 1. The summed E-state index contributed by atoms with van der Waals surface area (Å²) in [5.74, 6) is 0.453. The highest BCUT2D eigenvalue weighted by atomic mass is 16.5. The van der Waals surface area contributed by atoms with Gasteiger partial charge in [0.25, 0.3) is 0 Å². The minimum Gasteiger partial charge on any atom is -0.396 e. The molecule has 2 aromatic rings. The van der Waals surface area contributed by atoms with Gasteiger partial charge >= 0.3 is 0 Å². The number of hydrogen-bond acceptors (Lipinski definition) is 4. The van der Waals surface area contributed by atoms with Crippen molar-refractivity contribution in [1.82, 2.24) is 9.88 Å². The number of nitrogens with zero attached hydrogens (tertiary/aromatic N) is 2. The first kappa shape index (κ1) is 14.1. The number of aromatic nitrogens is 1. The number of pyridine rings is 1. The van der Waals surface area contributed by atoms with Gasteiger partial charge in [0.1, 0.15) is 0 Å². The van der Waals surface area contributed by atoms with Gasteiger partial charge in [0.2, 0.25) is 0 Å². The molecule has 2 fully saturated rings. The maximum absolute atomic E-state index is 9.91. The van der Waals surface area contributed by atoms with Crippen molar-refractivity contribution in [2.45, 2.75) is 13.0 Å². The summed E-state index contributed by atoms with van der Waals surface area (Å²) in [4.78, 5) is 7.01. The Morgan fingerprint density at radius 1 is 1.32 bits per heavy atom. The zero-order chi connectivity index (χ0) is 15.0. The average Bonchev–Trinajstić information content (AvgIpc) is 2.94. The molecule has 3 heterocycles. The molecule has 1 N–H and O–H groups in total. The van der Waals surface area contributed by atoms with Crippen LogP contribution in [0.5, 0.6) is 0 Å². The Morgan fingerprint density at radius 3 is 3.09 bits per heavy atom. The van der Waals surface area contributed by atoms with E-state index in [-0.39, 0.29) is 12.0 Å². The molecule has 0 amide bonds. The van der Waals surface area contributed by atoms with E-state index >= 15 is 0 Å². The van der Waals surface area contributed by atoms with Crippen molar-refractivity contribution in [1.29, 1.82) is 0 Å². The van der Waals surface area contributed by atoms with E-state index in [0.717, 1.165) is 44.8 Å². The summed E-state index contributed by atoms with van der Waals surface area (Å²) in [6, 6.07) is 10.5. The maximum atomic E-state index is 9.91. The molecule has 0 spiro atoms. The molecule has 4 heteroatoms. The van der Waals surface area contributed by atoms with Crippen molar-refractivity contribution >= 4 is 10.9 Å². The topological polar surface area (TPSA) is 45.6 Å². The van der Waals surface area contributed by atoms with E-state index in [4.69, 9.17) is 4.74 Å². The van der Waals surface area contributed by atoms with Gasteiger partial charge in [0.15, 0.2) is 0 Å². The molecule has 22 heavy (non-hydrogen) atoms. The number of benzene rings is 1. The fourth-order valence-electron chi connectivity index (χ4n) is 4.07. The van der Waals surface area contributed by atoms with E-state index < -0.39 is 0 Å². The van der Waals surface area contributed by atoms with Crippen LogP contribution in [0, 0.1) is 11.3 Å². The molecular weight excluding hydrogens is 276 g/mol. The Hall–Kier alpha value is -1.49. The van der Waals surface area contributed by atoms with Crippen molar-refractivity contribution in [3.63, 3.8) is 0 Å². The average molecular weight is 298 g/mol. The van der Waals surface area contributed by atoms with E-state index in [9.17, 15) is 5.11 Å². The van der Waals surface area contributed by atoms with Gasteiger partial charge in [0.05, 0.1) is 18.7 Å². The van der Waals surface area contributed by atoms with Gasteiger partial charge < -0.3 is 9.84 Å². The van der Waals surface area contributed by atoms with Gasteiger partial charge in [-0.1, -0.05) is 24.3 Å². The number of rotatable bonds is 3. The van der Waals surface area contributed by atoms with Gasteiger partial charge in [-0.05, 0) is 18.1 Å². The molecule has 0 unspecified atom stereocenters. The monoisotopic (exact) mass is 298 g/mol. The largest absolute Gasteiger partial charge is 0.396 e. The lowest BCUT2D eigenvalue weighted by atomic mass is 9.75. The Morgan fingerprint density at radius 2 is 2.23 bits per heavy atom. The Bertz CT molecular complexity index is 670. The normalized spacial score (nSPS) is 28.9. The van der Waals surface area contributed by atoms with Gasteiger partial charge in [-0.2, -0.15) is 0 Å². The quantitative estimate of drug-likeness (QED) is 0.942. The van der Waals surface area contributed by atoms with E-state index in [1.165, 1.54) is 10.9 Å². The number of likely N-dealkylation sites (tertiary alicyclic amines) is 1. The Kier molecular flexibility index (Phi) is 3.60. The van der Waals surface area contributed by atoms with Crippen LogP contribution in [0.3, 0.4) is 0 Å². The van der Waals surface area contributed by atoms with E-state index in [1.54, 1.807) is 0 Å². The second-order valence-corrected chi connectivity index (χ2v) is 6.70. The third-order valence-electron chi connectivity index (χ3n) is 5.37. The molecule has 0 bridgehead atoms. The molecular formula is C18H22N2O2. The molecule has 116 valence electrons. The molecule has 1 aromatic heterocycles. The van der Waals surface area contributed by atoms with Crippen LogP contribution in [0.2, 0.25) is 0 Å². The van der Waals surface area contributed by atoms with Gasteiger partial charge in [-0.15, -0.1) is 0 Å². The third kappa shape index (κ3) is 2.32. The molecule has 0 aliphatic carbocycles. The fourth-order valence-corrected chi connectivity index (χ4v) is 4.07. The molecule has 0 saturated carbocycles. The lowest BCUT2D eigenvalue weighted by Crippen LogP contribution is -2.41. The number of aliphatic hydroxyl groups excluding tert-OH is 1. The predicted molar refractivity (Wildman–Crippen MR) is 85.5 cm³/mol. The van der Waals surface area contributed by atoms with Crippen LogP contribution in [-0.4, -0.2) is 47.9 Å². The minimum atomic E-state index is 0.0380. The highest BCUT2D eigenvalue weighted by molar-refractivity contribution is 5.81. The first-order valence-electron chi connectivity index (χ1n) is 8.04. The van der Waals surface area contributed by atoms with Gasteiger partial charge in [-0.3, -0.25) is 9.88 Å². The standard InChI is InChI=1S/C18H22N2O2/c21-13-18-6-8-22-11-16(18)10-20(12-18)9-15-4-1-3-14-5-2-7-19-17(14)15/h1-5,7,16,21H,6,8-13H2/t16-,18-/m1/s1. The number of fused-ring (bicyclic) bond motifs is 2. The Labute approximate surface area is 130 Å². The number of para-hydroxylation sites is 1. The fraction of sp³-hybridized carbons (Fsp3) is 0.500. The van der Waals surface area contributed by atoms with Crippen LogP contribution in [0.4, 0.5) is 0 Å². The summed E-state index contributed by atoms with van der Waals surface area (Å²) in [5.41, 5.74) is 2.40. The molecule has 4 rings (SSSR count). The lowest BCUT2D eigenvalue weighted by Gasteiger charge is -2.36. The zero-order valence-electron chi connectivity index (χ0n) is 12.7. The zero-order valence-corrected chi connectivity index (χ0v) is 12.7. The van der Waals surface area contributed by atoms with Crippen molar-refractivity contribution in [3.8, 4) is 0 Å². The van der Waals surface area contributed by atoms with E-state index in [2.05, 4.69) is 34.1 Å². The minimum absolute atomic E-state index is 0.0380. The van der Waals surface area contributed by atoms with E-state index in [0.29, 0.717) is 5.92 Å². The second kappa shape index (κ2) is 5.61. The van der Waals surface area contributed by atoms with Crippen LogP contribution in [0.1, 0.15) is 12.0 Å². The molecule has 2 aliphatic heterocycles. The Balaban J connectivity index is 1.59. The molecule has 1 aromatic carbocycles. The van der Waals surface area contributed by atoms with Crippen LogP contribution in [-0.2, 0) is 11.3 Å². The van der Waals surface area contributed by atoms with Crippen molar-refractivity contribution in [2.24, 2.45) is 11.3 Å². The van der Waals surface area contributed by atoms with Crippen LogP contribution < -0.4 is 0 Å². The van der Waals surface area contributed by atoms with Gasteiger partial charge in [0, 0.05) is 49.2 Å². The first-order valence-corrected chi connectivity index (χ1v) is 8.04. The molecule has 0 radical (unpaired) electrons. The van der Waals surface area contributed by atoms with Gasteiger partial charge in [-0.25, -0.2) is 0 Å². The molecule has 2 atom stereocenters. The highest BCUT2D eigenvalue weighted by Gasteiger charge is 2.47. The summed E-state index contributed by atoms with van der Waals surface area (Å²) in [5, 5.41) is 11.1. The van der Waals surface area contributed by atoms with Crippen LogP contribution in [0.15, 0.2) is 36.5 Å². The lowest BCUT2D eigenvalue weighted by molar-refractivity contribution is -0.0417. The van der Waals surface area contributed by atoms with Crippen LogP contribution in [0.25, 0.3) is 10.9 Å². The molecule has 2 aliphatic rings. The smallest absolute Gasteiger partial charge is 0.0746 e. The first-order chi connectivity index (χ1) is 10.8. The van der Waals surface area contributed by atoms with Crippen molar-refractivity contribution in [2.75, 3.05) is 32.9 Å². The second-order valence-electron chi connectivity index (χ2n) is 6.70. The van der Waals surface area contributed by atoms with E-state index in [1.807, 2.05) is 12.3 Å². The summed E-state index contributed by atoms with van der Waals surface area (Å²) in [6.07, 6.45) is 2.83. The summed E-state index contributed by atoms with van der Waals surface area (Å²) in [7, 11) is 0. The highest BCUT2D eigenvalue weighted by Crippen LogP contribution is 2.42. The molecule has 4 nitrogen and oxygen atoms in total. The van der Waals surface area contributed by atoms with Crippen molar-refractivity contribution < 1.29 is 9.84 Å². The number of ether oxygens (including phenoxy) is 1. The maximum Gasteiger partial charge on any atom is 0.0746 e. The summed E-state index contributed by atoms with van der Waals surface area (Å²) >= 11 is 0. The van der Waals surface area contributed by atoms with Crippen molar-refractivity contribution in [3.05, 3.63) is 42.1 Å². The molecule has 2 saturated heterocycles. The number of hydrogen-bond donors (Lipinski definition) is 1. The summed E-state index contributed by atoms with van der Waals surface area (Å²) < 4.78 is 5.63. The third-order valence-corrected chi connectivity index (χ3v) is 5.37. The van der Waals surface area contributed by atoms with Crippen LogP contribution >= 0.6 is 0 Å². The summed E-state index contributed by atoms with van der Waals surface area (Å²) in [6.45, 7) is 4.69. The SMILES string of the molecule is OC[C@]12CCOC[C@H]1CN(Cc1cccc3cccnc13)C2. The predicted octanol–water partition coefficient (Wildman–Crippen LogP) is 2.07.